The summed E-state index contributed by atoms with van der Waals surface area (Å²) in [6.07, 6.45) is -0.525. The average Bonchev–Trinajstić information content (AvgIpc) is 2.29. The molecule has 1 aromatic carbocycles. The van der Waals surface area contributed by atoms with Gasteiger partial charge in [0.15, 0.2) is 0 Å². The minimum absolute atomic E-state index is 0.206. The van der Waals surface area contributed by atoms with Crippen molar-refractivity contribution in [1.82, 2.24) is 0 Å². The number of benzene rings is 1. The number of nitriles is 1. The largest absolute Gasteiger partial charge is 0.490 e. The number of nitrogens with zero attached hydrogens (tertiary/aromatic N) is 1. The molecule has 1 atom stereocenters. The Morgan fingerprint density at radius 2 is 2.06 bits per heavy atom. The van der Waals surface area contributed by atoms with Gasteiger partial charge in [-0.15, -0.1) is 0 Å². The van der Waals surface area contributed by atoms with Crippen molar-refractivity contribution in [2.24, 2.45) is 0 Å². The van der Waals surface area contributed by atoms with Crippen LogP contribution in [-0.2, 0) is 0 Å². The summed E-state index contributed by atoms with van der Waals surface area (Å²) < 4.78 is 5.27. The fourth-order valence-corrected chi connectivity index (χ4v) is 1.07. The van der Waals surface area contributed by atoms with E-state index in [4.69, 9.17) is 15.1 Å². The van der Waals surface area contributed by atoms with E-state index in [1.807, 2.05) is 26.8 Å². The first kappa shape index (κ1) is 14.5. The molecule has 1 N–H and O–H groups in total. The maximum atomic E-state index is 9.02. The fourth-order valence-electron chi connectivity index (χ4n) is 1.07. The fraction of sp³-hybridized carbons (Fsp3) is 0.462. The molecule has 0 heterocycles. The molecular weight excluding hydrogens is 202 g/mol. The van der Waals surface area contributed by atoms with Crippen molar-refractivity contribution in [3.63, 3.8) is 0 Å². The molecule has 3 heteroatoms. The lowest BCUT2D eigenvalue weighted by molar-refractivity contribution is 0.122. The van der Waals surface area contributed by atoms with Crippen molar-refractivity contribution in [2.45, 2.75) is 33.8 Å². The van der Waals surface area contributed by atoms with Gasteiger partial charge in [-0.2, -0.15) is 5.26 Å². The van der Waals surface area contributed by atoms with Crippen LogP contribution in [0.4, 0.5) is 0 Å². The molecule has 0 radical (unpaired) electrons. The van der Waals surface area contributed by atoms with Gasteiger partial charge in [0.25, 0.3) is 0 Å². The molecule has 0 spiro atoms. The smallest absolute Gasteiger partial charge is 0.137 e. The summed E-state index contributed by atoms with van der Waals surface area (Å²) in [5, 5.41) is 17.8. The molecular formula is C13H19NO2. The predicted molar refractivity (Wildman–Crippen MR) is 64.4 cm³/mol. The van der Waals surface area contributed by atoms with E-state index in [1.165, 1.54) is 0 Å². The lowest BCUT2D eigenvalue weighted by atomic mass is 10.1. The molecule has 16 heavy (non-hydrogen) atoms. The van der Waals surface area contributed by atoms with Crippen LogP contribution < -0.4 is 4.74 Å². The Bertz CT molecular complexity index is 353. The molecule has 0 saturated heterocycles. The quantitative estimate of drug-likeness (QED) is 0.853. The number of hydrogen-bond donors (Lipinski definition) is 1. The highest BCUT2D eigenvalue weighted by Gasteiger charge is 2.04. The molecule has 0 bridgehead atoms. The molecule has 0 amide bonds. The van der Waals surface area contributed by atoms with Crippen LogP contribution in [0.5, 0.6) is 5.75 Å². The van der Waals surface area contributed by atoms with Gasteiger partial charge < -0.3 is 9.84 Å². The molecule has 0 aromatic heterocycles. The van der Waals surface area contributed by atoms with E-state index in [1.54, 1.807) is 19.1 Å². The van der Waals surface area contributed by atoms with E-state index < -0.39 is 6.10 Å². The Hall–Kier alpha value is -1.53. The second kappa shape index (κ2) is 7.72. The van der Waals surface area contributed by atoms with Crippen LogP contribution >= 0.6 is 0 Å². The lowest BCUT2D eigenvalue weighted by Crippen LogP contribution is -2.13. The summed E-state index contributed by atoms with van der Waals surface area (Å²) >= 11 is 0. The van der Waals surface area contributed by atoms with E-state index in [0.29, 0.717) is 11.3 Å². The molecule has 0 aliphatic rings. The Balaban J connectivity index is 0.00000106. The van der Waals surface area contributed by atoms with Gasteiger partial charge in [0.05, 0.1) is 11.7 Å². The number of aliphatic hydroxyl groups excluding tert-OH is 1. The predicted octanol–water partition coefficient (Wildman–Crippen LogP) is 2.65. The topological polar surface area (TPSA) is 53.2 Å². The Kier molecular flexibility index (Phi) is 6.98. The van der Waals surface area contributed by atoms with Crippen molar-refractivity contribution in [3.8, 4) is 11.8 Å². The molecule has 0 fully saturated rings. The van der Waals surface area contributed by atoms with Gasteiger partial charge in [-0.1, -0.05) is 19.9 Å². The van der Waals surface area contributed by atoms with Gasteiger partial charge in [-0.3, -0.25) is 0 Å². The summed E-state index contributed by atoms with van der Waals surface area (Å²) in [4.78, 5) is 0. The van der Waals surface area contributed by atoms with Crippen LogP contribution in [0.2, 0.25) is 0 Å². The van der Waals surface area contributed by atoms with E-state index in [-0.39, 0.29) is 6.61 Å². The SMILES string of the molecule is CC.Cc1ccc(OCC(C)O)c(C#N)c1. The summed E-state index contributed by atoms with van der Waals surface area (Å²) in [6, 6.07) is 7.43. The normalized spacial score (nSPS) is 10.8. The van der Waals surface area contributed by atoms with Gasteiger partial charge in [-0.05, 0) is 31.5 Å². The van der Waals surface area contributed by atoms with Gasteiger partial charge in [0.2, 0.25) is 0 Å². The maximum Gasteiger partial charge on any atom is 0.137 e. The number of rotatable bonds is 3. The Morgan fingerprint density at radius 3 is 2.56 bits per heavy atom. The molecule has 88 valence electrons. The van der Waals surface area contributed by atoms with Gasteiger partial charge in [0, 0.05) is 0 Å². The first-order valence-corrected chi connectivity index (χ1v) is 5.45. The third kappa shape index (κ3) is 4.81. The Labute approximate surface area is 97.3 Å². The molecule has 0 saturated carbocycles. The zero-order chi connectivity index (χ0) is 12.6. The molecule has 1 unspecified atom stereocenters. The van der Waals surface area contributed by atoms with Crippen LogP contribution in [0.1, 0.15) is 31.9 Å². The van der Waals surface area contributed by atoms with Crippen molar-refractivity contribution in [1.29, 1.82) is 5.26 Å². The summed E-state index contributed by atoms with van der Waals surface area (Å²) in [7, 11) is 0. The minimum atomic E-state index is -0.525. The standard InChI is InChI=1S/C11H13NO2.C2H6/c1-8-3-4-11(10(5-8)6-12)14-7-9(2)13;1-2/h3-5,9,13H,7H2,1-2H3;1-2H3. The maximum absolute atomic E-state index is 9.02. The third-order valence-electron chi connectivity index (χ3n) is 1.74. The van der Waals surface area contributed by atoms with E-state index in [9.17, 15) is 0 Å². The highest BCUT2D eigenvalue weighted by atomic mass is 16.5. The van der Waals surface area contributed by atoms with Crippen LogP contribution in [0.15, 0.2) is 18.2 Å². The number of aryl methyl sites for hydroxylation is 1. The lowest BCUT2D eigenvalue weighted by Gasteiger charge is -2.09. The molecule has 0 aliphatic carbocycles. The van der Waals surface area contributed by atoms with Gasteiger partial charge >= 0.3 is 0 Å². The number of hydrogen-bond acceptors (Lipinski definition) is 3. The van der Waals surface area contributed by atoms with Crippen molar-refractivity contribution in [3.05, 3.63) is 29.3 Å². The van der Waals surface area contributed by atoms with E-state index in [2.05, 4.69) is 6.07 Å². The Morgan fingerprint density at radius 1 is 1.44 bits per heavy atom. The van der Waals surface area contributed by atoms with Crippen LogP contribution in [0, 0.1) is 18.3 Å². The van der Waals surface area contributed by atoms with E-state index >= 15 is 0 Å². The van der Waals surface area contributed by atoms with Crippen molar-refractivity contribution in [2.75, 3.05) is 6.61 Å². The van der Waals surface area contributed by atoms with Crippen LogP contribution in [-0.4, -0.2) is 17.8 Å². The van der Waals surface area contributed by atoms with Gasteiger partial charge in [0.1, 0.15) is 18.4 Å². The minimum Gasteiger partial charge on any atom is -0.490 e. The van der Waals surface area contributed by atoms with Gasteiger partial charge in [-0.25, -0.2) is 0 Å². The highest BCUT2D eigenvalue weighted by molar-refractivity contribution is 5.45. The first-order chi connectivity index (χ1) is 7.63. The molecule has 1 aromatic rings. The summed E-state index contributed by atoms with van der Waals surface area (Å²) in [6.45, 7) is 7.76. The molecule has 0 aliphatic heterocycles. The first-order valence-electron chi connectivity index (χ1n) is 5.45. The van der Waals surface area contributed by atoms with E-state index in [0.717, 1.165) is 5.56 Å². The second-order valence-electron chi connectivity index (χ2n) is 3.27. The van der Waals surface area contributed by atoms with Crippen LogP contribution in [0.25, 0.3) is 0 Å². The highest BCUT2D eigenvalue weighted by Crippen LogP contribution is 2.18. The summed E-state index contributed by atoms with van der Waals surface area (Å²) in [5.41, 5.74) is 1.52. The molecule has 3 nitrogen and oxygen atoms in total. The second-order valence-corrected chi connectivity index (χ2v) is 3.27. The number of aliphatic hydroxyl groups is 1. The monoisotopic (exact) mass is 221 g/mol. The zero-order valence-electron chi connectivity index (χ0n) is 10.3. The molecule has 1 rings (SSSR count). The average molecular weight is 221 g/mol. The zero-order valence-corrected chi connectivity index (χ0v) is 10.3. The third-order valence-corrected chi connectivity index (χ3v) is 1.74. The van der Waals surface area contributed by atoms with Crippen molar-refractivity contribution >= 4 is 0 Å². The van der Waals surface area contributed by atoms with Crippen LogP contribution in [0.3, 0.4) is 0 Å². The van der Waals surface area contributed by atoms with Crippen molar-refractivity contribution < 1.29 is 9.84 Å². The summed E-state index contributed by atoms with van der Waals surface area (Å²) in [5.74, 6) is 0.527. The number of ether oxygens (including phenoxy) is 1.